The Balaban J connectivity index is 2.02. The van der Waals surface area contributed by atoms with Crippen LogP contribution in [0, 0.1) is 5.82 Å². The highest BCUT2D eigenvalue weighted by molar-refractivity contribution is 7.88. The molecule has 2 aromatic rings. The van der Waals surface area contributed by atoms with Gasteiger partial charge in [0.15, 0.2) is 0 Å². The fourth-order valence-corrected chi connectivity index (χ4v) is 3.48. The van der Waals surface area contributed by atoms with Crippen molar-refractivity contribution in [3.63, 3.8) is 0 Å². The fourth-order valence-electron chi connectivity index (χ4n) is 2.14. The lowest BCUT2D eigenvalue weighted by molar-refractivity contribution is 0.107. The summed E-state index contributed by atoms with van der Waals surface area (Å²) in [6.45, 7) is 0.0167. The summed E-state index contributed by atoms with van der Waals surface area (Å²) in [5, 5.41) is 0.479. The molecule has 23 heavy (non-hydrogen) atoms. The number of hydrogen-bond acceptors (Lipinski definition) is 3. The van der Waals surface area contributed by atoms with Gasteiger partial charge in [-0.3, -0.25) is 0 Å². The number of halogens is 2. The molecule has 124 valence electrons. The van der Waals surface area contributed by atoms with Crippen molar-refractivity contribution in [1.82, 2.24) is 4.72 Å². The number of hydrogen-bond donors (Lipinski definition) is 1. The average molecular weight is 358 g/mol. The van der Waals surface area contributed by atoms with E-state index in [0.29, 0.717) is 16.1 Å². The highest BCUT2D eigenvalue weighted by Gasteiger charge is 2.17. The zero-order chi connectivity index (χ0) is 16.9. The Hall–Kier alpha value is -1.47. The molecule has 1 atom stereocenters. The molecular formula is C16H17ClFNO3S. The molecule has 0 bridgehead atoms. The Morgan fingerprint density at radius 3 is 2.61 bits per heavy atom. The molecule has 0 saturated heterocycles. The van der Waals surface area contributed by atoms with E-state index in [4.69, 9.17) is 16.3 Å². The topological polar surface area (TPSA) is 55.4 Å². The Kier molecular flexibility index (Phi) is 6.12. The van der Waals surface area contributed by atoms with E-state index >= 15 is 0 Å². The van der Waals surface area contributed by atoms with E-state index in [1.165, 1.54) is 19.2 Å². The normalized spacial score (nSPS) is 13.0. The minimum Gasteiger partial charge on any atom is -0.375 e. The third kappa shape index (κ3) is 5.58. The van der Waals surface area contributed by atoms with Crippen LogP contribution in [0.3, 0.4) is 0 Å². The van der Waals surface area contributed by atoms with Gasteiger partial charge < -0.3 is 4.74 Å². The van der Waals surface area contributed by atoms with Crippen molar-refractivity contribution in [2.75, 3.05) is 13.7 Å². The Labute approximate surface area is 140 Å². The minimum absolute atomic E-state index is 0.0167. The molecule has 0 spiro atoms. The molecule has 4 nitrogen and oxygen atoms in total. The summed E-state index contributed by atoms with van der Waals surface area (Å²) in [5.41, 5.74) is 1.16. The van der Waals surface area contributed by atoms with E-state index in [2.05, 4.69) is 4.72 Å². The zero-order valence-corrected chi connectivity index (χ0v) is 14.1. The van der Waals surface area contributed by atoms with Gasteiger partial charge in [-0.1, -0.05) is 35.9 Å². The summed E-state index contributed by atoms with van der Waals surface area (Å²) in [6, 6.07) is 12.5. The average Bonchev–Trinajstić information content (AvgIpc) is 2.47. The van der Waals surface area contributed by atoms with Crippen molar-refractivity contribution in [3.8, 4) is 0 Å². The first kappa shape index (κ1) is 17.9. The van der Waals surface area contributed by atoms with E-state index in [0.717, 1.165) is 0 Å². The summed E-state index contributed by atoms with van der Waals surface area (Å²) in [7, 11) is -2.11. The summed E-state index contributed by atoms with van der Waals surface area (Å²) >= 11 is 5.85. The van der Waals surface area contributed by atoms with Gasteiger partial charge >= 0.3 is 0 Å². The lowest BCUT2D eigenvalue weighted by Gasteiger charge is -2.17. The van der Waals surface area contributed by atoms with Crippen LogP contribution in [0.15, 0.2) is 48.5 Å². The van der Waals surface area contributed by atoms with Gasteiger partial charge in [0.2, 0.25) is 10.0 Å². The molecule has 0 fully saturated rings. The van der Waals surface area contributed by atoms with Crippen LogP contribution in [-0.2, 0) is 20.5 Å². The lowest BCUT2D eigenvalue weighted by Crippen LogP contribution is -2.30. The van der Waals surface area contributed by atoms with Crippen molar-refractivity contribution in [1.29, 1.82) is 0 Å². The van der Waals surface area contributed by atoms with Crippen LogP contribution in [0.25, 0.3) is 0 Å². The second kappa shape index (κ2) is 7.88. The van der Waals surface area contributed by atoms with Gasteiger partial charge in [0.05, 0.1) is 11.9 Å². The molecule has 7 heteroatoms. The Morgan fingerprint density at radius 1 is 1.22 bits per heavy atom. The van der Waals surface area contributed by atoms with Crippen LogP contribution >= 0.6 is 11.6 Å². The third-order valence-corrected chi connectivity index (χ3v) is 4.79. The fraction of sp³-hybridized carbons (Fsp3) is 0.250. The van der Waals surface area contributed by atoms with Crippen LogP contribution in [0.5, 0.6) is 0 Å². The molecule has 0 aromatic heterocycles. The molecule has 0 amide bonds. The van der Waals surface area contributed by atoms with Crippen molar-refractivity contribution in [2.45, 2.75) is 11.9 Å². The zero-order valence-electron chi connectivity index (χ0n) is 12.5. The Morgan fingerprint density at radius 2 is 1.96 bits per heavy atom. The second-order valence-corrected chi connectivity index (χ2v) is 7.26. The maximum atomic E-state index is 13.3. The maximum Gasteiger partial charge on any atom is 0.215 e. The number of benzene rings is 2. The molecule has 0 aliphatic heterocycles. The third-order valence-electron chi connectivity index (χ3n) is 3.24. The van der Waals surface area contributed by atoms with E-state index < -0.39 is 21.9 Å². The summed E-state index contributed by atoms with van der Waals surface area (Å²) < 4.78 is 45.3. The van der Waals surface area contributed by atoms with Crippen LogP contribution in [0.4, 0.5) is 4.39 Å². The van der Waals surface area contributed by atoms with Gasteiger partial charge in [-0.15, -0.1) is 0 Å². The molecule has 0 aliphatic rings. The molecule has 0 heterocycles. The van der Waals surface area contributed by atoms with E-state index in [1.54, 1.807) is 36.4 Å². The first-order valence-corrected chi connectivity index (χ1v) is 8.93. The summed E-state index contributed by atoms with van der Waals surface area (Å²) in [5.74, 6) is -0.584. The predicted molar refractivity (Wildman–Crippen MR) is 88.2 cm³/mol. The van der Waals surface area contributed by atoms with Gasteiger partial charge in [0.1, 0.15) is 5.82 Å². The van der Waals surface area contributed by atoms with Crippen LogP contribution in [-0.4, -0.2) is 22.1 Å². The number of rotatable bonds is 7. The van der Waals surface area contributed by atoms with Gasteiger partial charge in [0, 0.05) is 18.7 Å². The largest absolute Gasteiger partial charge is 0.375 e. The van der Waals surface area contributed by atoms with Crippen molar-refractivity contribution in [3.05, 3.63) is 70.5 Å². The Bertz CT molecular complexity index is 767. The molecule has 0 saturated carbocycles. The maximum absolute atomic E-state index is 13.3. The number of ether oxygens (including phenoxy) is 1. The SMILES string of the molecule is CO[C@H](CNS(=O)(=O)Cc1cccc(Cl)c1)c1cccc(F)c1. The standard InChI is InChI=1S/C16H17ClFNO3S/c1-22-16(13-5-3-7-15(18)9-13)10-19-23(20,21)11-12-4-2-6-14(17)8-12/h2-9,16,19H,10-11H2,1H3/t16-/m1/s1. The smallest absolute Gasteiger partial charge is 0.215 e. The van der Waals surface area contributed by atoms with E-state index in [9.17, 15) is 12.8 Å². The first-order valence-electron chi connectivity index (χ1n) is 6.89. The number of methoxy groups -OCH3 is 1. The van der Waals surface area contributed by atoms with Gasteiger partial charge in [-0.25, -0.2) is 17.5 Å². The predicted octanol–water partition coefficient (Wildman–Crippen LogP) is 3.29. The second-order valence-electron chi connectivity index (χ2n) is 5.02. The number of nitrogens with one attached hydrogen (secondary N) is 1. The minimum atomic E-state index is -3.56. The van der Waals surface area contributed by atoms with Crippen LogP contribution < -0.4 is 4.72 Å². The highest BCUT2D eigenvalue weighted by atomic mass is 35.5. The van der Waals surface area contributed by atoms with Gasteiger partial charge in [-0.05, 0) is 35.4 Å². The molecule has 0 unspecified atom stereocenters. The molecule has 1 N–H and O–H groups in total. The number of sulfonamides is 1. The first-order chi connectivity index (χ1) is 10.9. The molecule has 2 aromatic carbocycles. The van der Waals surface area contributed by atoms with Crippen molar-refractivity contribution < 1.29 is 17.5 Å². The van der Waals surface area contributed by atoms with Crippen LogP contribution in [0.2, 0.25) is 5.02 Å². The molecule has 0 aliphatic carbocycles. The van der Waals surface area contributed by atoms with Crippen LogP contribution in [0.1, 0.15) is 17.2 Å². The van der Waals surface area contributed by atoms with E-state index in [-0.39, 0.29) is 12.3 Å². The highest BCUT2D eigenvalue weighted by Crippen LogP contribution is 2.18. The quantitative estimate of drug-likeness (QED) is 0.827. The van der Waals surface area contributed by atoms with E-state index in [1.807, 2.05) is 0 Å². The summed E-state index contributed by atoms with van der Waals surface area (Å²) in [4.78, 5) is 0. The lowest BCUT2D eigenvalue weighted by atomic mass is 10.1. The molecular weight excluding hydrogens is 341 g/mol. The molecule has 0 radical (unpaired) electrons. The molecule has 2 rings (SSSR count). The van der Waals surface area contributed by atoms with Gasteiger partial charge in [0.25, 0.3) is 0 Å². The summed E-state index contributed by atoms with van der Waals surface area (Å²) in [6.07, 6.45) is -0.570. The monoisotopic (exact) mass is 357 g/mol. The van der Waals surface area contributed by atoms with Crippen molar-refractivity contribution >= 4 is 21.6 Å². The van der Waals surface area contributed by atoms with Crippen molar-refractivity contribution in [2.24, 2.45) is 0 Å². The van der Waals surface area contributed by atoms with Gasteiger partial charge in [-0.2, -0.15) is 0 Å².